The number of nitrogens with one attached hydrogen (secondary N) is 1. The van der Waals surface area contributed by atoms with Crippen molar-refractivity contribution in [3.05, 3.63) is 22.4 Å². The van der Waals surface area contributed by atoms with E-state index in [1.807, 2.05) is 0 Å². The molecular formula is C7H10ClNS. The Kier molecular flexibility index (Phi) is 2.72. The maximum atomic E-state index is 3.35. The Morgan fingerprint density at radius 3 is 2.80 bits per heavy atom. The summed E-state index contributed by atoms with van der Waals surface area (Å²) in [7, 11) is 0. The van der Waals surface area contributed by atoms with Crippen LogP contribution in [0.3, 0.4) is 0 Å². The van der Waals surface area contributed by atoms with Crippen LogP contribution in [0.15, 0.2) is 16.8 Å². The molecule has 2 rings (SSSR count). The molecule has 2 heterocycles. The minimum Gasteiger partial charge on any atom is -0.310 e. The maximum Gasteiger partial charge on any atom is 0.0340 e. The molecule has 0 radical (unpaired) electrons. The van der Waals surface area contributed by atoms with Crippen LogP contribution in [-0.4, -0.2) is 6.54 Å². The zero-order chi connectivity index (χ0) is 6.10. The van der Waals surface area contributed by atoms with Crippen LogP contribution in [0, 0.1) is 0 Å². The molecule has 1 aliphatic rings. The summed E-state index contributed by atoms with van der Waals surface area (Å²) in [5.74, 6) is 0. The standard InChI is InChI=1S/C7H9NS.ClH/c1-3-8-7(1)6-2-4-9-5-6;/h2,4-5,7-8H,1,3H2;1H/t7-;/m0./s1. The summed E-state index contributed by atoms with van der Waals surface area (Å²) < 4.78 is 0. The molecule has 0 spiro atoms. The third kappa shape index (κ3) is 1.34. The molecule has 0 saturated carbocycles. The van der Waals surface area contributed by atoms with Crippen molar-refractivity contribution in [1.82, 2.24) is 5.32 Å². The quantitative estimate of drug-likeness (QED) is 0.690. The molecule has 1 N–H and O–H groups in total. The highest BCUT2D eigenvalue weighted by Gasteiger charge is 2.17. The second kappa shape index (κ2) is 3.37. The zero-order valence-electron chi connectivity index (χ0n) is 5.54. The second-order valence-corrected chi connectivity index (χ2v) is 3.13. The molecule has 1 saturated heterocycles. The molecule has 56 valence electrons. The van der Waals surface area contributed by atoms with E-state index in [0.717, 1.165) is 0 Å². The van der Waals surface area contributed by atoms with Gasteiger partial charge >= 0.3 is 0 Å². The normalized spacial score (nSPS) is 23.0. The first-order chi connectivity index (χ1) is 4.47. The smallest absolute Gasteiger partial charge is 0.0340 e. The van der Waals surface area contributed by atoms with Crippen LogP contribution in [0.5, 0.6) is 0 Å². The molecule has 1 aromatic rings. The number of hydrogen-bond acceptors (Lipinski definition) is 2. The molecule has 10 heavy (non-hydrogen) atoms. The summed E-state index contributed by atoms with van der Waals surface area (Å²) in [5, 5.41) is 7.71. The van der Waals surface area contributed by atoms with Crippen molar-refractivity contribution < 1.29 is 0 Å². The van der Waals surface area contributed by atoms with Crippen LogP contribution in [0.1, 0.15) is 18.0 Å². The van der Waals surface area contributed by atoms with Gasteiger partial charge in [0.05, 0.1) is 0 Å². The molecule has 1 aliphatic heterocycles. The van der Waals surface area contributed by atoms with Gasteiger partial charge in [0.2, 0.25) is 0 Å². The van der Waals surface area contributed by atoms with Crippen LogP contribution in [0.25, 0.3) is 0 Å². The van der Waals surface area contributed by atoms with Gasteiger partial charge in [-0.2, -0.15) is 11.3 Å². The average Bonchev–Trinajstić information content (AvgIpc) is 2.11. The fourth-order valence-corrected chi connectivity index (χ4v) is 1.76. The topological polar surface area (TPSA) is 12.0 Å². The lowest BCUT2D eigenvalue weighted by Crippen LogP contribution is -2.34. The third-order valence-electron chi connectivity index (χ3n) is 1.77. The van der Waals surface area contributed by atoms with Gasteiger partial charge in [-0.1, -0.05) is 0 Å². The highest BCUT2D eigenvalue weighted by molar-refractivity contribution is 7.07. The minimum absolute atomic E-state index is 0. The SMILES string of the molecule is Cl.c1cc([C@@H]2CCN2)cs1. The Bertz CT molecular complexity index is 181. The van der Waals surface area contributed by atoms with E-state index in [-0.39, 0.29) is 12.4 Å². The monoisotopic (exact) mass is 175 g/mol. The number of thiophene rings is 1. The summed E-state index contributed by atoms with van der Waals surface area (Å²) in [5.41, 5.74) is 1.46. The Morgan fingerprint density at radius 2 is 2.40 bits per heavy atom. The fraction of sp³-hybridized carbons (Fsp3) is 0.429. The van der Waals surface area contributed by atoms with E-state index in [9.17, 15) is 0 Å². The van der Waals surface area contributed by atoms with Crippen LogP contribution >= 0.6 is 23.7 Å². The number of hydrogen-bond donors (Lipinski definition) is 1. The fourth-order valence-electron chi connectivity index (χ4n) is 1.05. The second-order valence-electron chi connectivity index (χ2n) is 2.35. The Balaban J connectivity index is 0.000000500. The number of halogens is 1. The van der Waals surface area contributed by atoms with E-state index in [1.165, 1.54) is 18.5 Å². The predicted molar refractivity (Wildman–Crippen MR) is 46.9 cm³/mol. The van der Waals surface area contributed by atoms with E-state index in [1.54, 1.807) is 11.3 Å². The van der Waals surface area contributed by atoms with Gasteiger partial charge in [0.15, 0.2) is 0 Å². The van der Waals surface area contributed by atoms with Gasteiger partial charge in [0.1, 0.15) is 0 Å². The molecule has 0 amide bonds. The van der Waals surface area contributed by atoms with Gasteiger partial charge in [-0.3, -0.25) is 0 Å². The van der Waals surface area contributed by atoms with E-state index in [0.29, 0.717) is 6.04 Å². The van der Waals surface area contributed by atoms with Crippen LogP contribution < -0.4 is 5.32 Å². The van der Waals surface area contributed by atoms with Gasteiger partial charge in [-0.15, -0.1) is 12.4 Å². The van der Waals surface area contributed by atoms with Gasteiger partial charge < -0.3 is 5.32 Å². The van der Waals surface area contributed by atoms with Crippen molar-refractivity contribution in [3.8, 4) is 0 Å². The highest BCUT2D eigenvalue weighted by Crippen LogP contribution is 2.23. The van der Waals surface area contributed by atoms with E-state index >= 15 is 0 Å². The lowest BCUT2D eigenvalue weighted by Gasteiger charge is -2.26. The Labute approximate surface area is 70.9 Å². The molecule has 1 aromatic heterocycles. The summed E-state index contributed by atoms with van der Waals surface area (Å²) in [6.45, 7) is 1.19. The maximum absolute atomic E-state index is 3.35. The molecule has 0 unspecified atom stereocenters. The molecule has 0 aliphatic carbocycles. The van der Waals surface area contributed by atoms with Crippen LogP contribution in [0.4, 0.5) is 0 Å². The predicted octanol–water partition coefficient (Wildman–Crippen LogP) is 2.20. The largest absolute Gasteiger partial charge is 0.310 e. The summed E-state index contributed by atoms with van der Waals surface area (Å²) >= 11 is 1.78. The Morgan fingerprint density at radius 1 is 1.60 bits per heavy atom. The van der Waals surface area contributed by atoms with Crippen molar-refractivity contribution in [2.45, 2.75) is 12.5 Å². The summed E-state index contributed by atoms with van der Waals surface area (Å²) in [6, 6.07) is 2.87. The van der Waals surface area contributed by atoms with Crippen molar-refractivity contribution in [2.75, 3.05) is 6.54 Å². The lowest BCUT2D eigenvalue weighted by molar-refractivity contribution is 0.384. The summed E-state index contributed by atoms with van der Waals surface area (Å²) in [6.07, 6.45) is 1.32. The molecular weight excluding hydrogens is 166 g/mol. The molecule has 1 atom stereocenters. The third-order valence-corrected chi connectivity index (χ3v) is 2.47. The minimum atomic E-state index is 0. The van der Waals surface area contributed by atoms with Crippen LogP contribution in [-0.2, 0) is 0 Å². The van der Waals surface area contributed by atoms with Crippen molar-refractivity contribution in [3.63, 3.8) is 0 Å². The number of rotatable bonds is 1. The summed E-state index contributed by atoms with van der Waals surface area (Å²) in [4.78, 5) is 0. The van der Waals surface area contributed by atoms with Gasteiger partial charge in [-0.25, -0.2) is 0 Å². The van der Waals surface area contributed by atoms with E-state index in [4.69, 9.17) is 0 Å². The zero-order valence-corrected chi connectivity index (χ0v) is 7.17. The Hall–Kier alpha value is -0.0500. The lowest BCUT2D eigenvalue weighted by atomic mass is 10.0. The molecule has 3 heteroatoms. The average molecular weight is 176 g/mol. The highest BCUT2D eigenvalue weighted by atomic mass is 35.5. The molecule has 1 nitrogen and oxygen atoms in total. The van der Waals surface area contributed by atoms with Gasteiger partial charge in [-0.05, 0) is 35.4 Å². The van der Waals surface area contributed by atoms with Gasteiger partial charge in [0, 0.05) is 6.04 Å². The van der Waals surface area contributed by atoms with Crippen molar-refractivity contribution in [1.29, 1.82) is 0 Å². The molecule has 0 aromatic carbocycles. The van der Waals surface area contributed by atoms with E-state index in [2.05, 4.69) is 22.1 Å². The van der Waals surface area contributed by atoms with Gasteiger partial charge in [0.25, 0.3) is 0 Å². The molecule has 0 bridgehead atoms. The van der Waals surface area contributed by atoms with E-state index < -0.39 is 0 Å². The van der Waals surface area contributed by atoms with Crippen molar-refractivity contribution in [2.24, 2.45) is 0 Å². The molecule has 1 fully saturated rings. The van der Waals surface area contributed by atoms with Crippen LogP contribution in [0.2, 0.25) is 0 Å². The first kappa shape index (κ1) is 8.05. The van der Waals surface area contributed by atoms with Crippen molar-refractivity contribution >= 4 is 23.7 Å². The first-order valence-corrected chi connectivity index (χ1v) is 4.16. The first-order valence-electron chi connectivity index (χ1n) is 3.22.